The third kappa shape index (κ3) is 7.42. The monoisotopic (exact) mass is 486 g/mol. The highest BCUT2D eigenvalue weighted by Crippen LogP contribution is 2.28. The number of nitriles is 1. The first-order chi connectivity index (χ1) is 17.1. The van der Waals surface area contributed by atoms with Gasteiger partial charge in [0.15, 0.2) is 0 Å². The quantitative estimate of drug-likeness (QED) is 0.335. The van der Waals surface area contributed by atoms with Crippen molar-refractivity contribution in [1.29, 1.82) is 5.26 Å². The zero-order valence-electron chi connectivity index (χ0n) is 21.3. The summed E-state index contributed by atoms with van der Waals surface area (Å²) in [5.41, 5.74) is 4.49. The Balaban J connectivity index is 1.58. The van der Waals surface area contributed by atoms with Crippen molar-refractivity contribution in [3.63, 3.8) is 0 Å². The molecule has 0 amide bonds. The second kappa shape index (κ2) is 11.9. The second-order valence-electron chi connectivity index (χ2n) is 10.0. The minimum atomic E-state index is -0.986. The van der Waals surface area contributed by atoms with E-state index in [2.05, 4.69) is 63.3 Å². The van der Waals surface area contributed by atoms with Gasteiger partial charge in [0.1, 0.15) is 24.5 Å². The van der Waals surface area contributed by atoms with E-state index in [1.165, 1.54) is 23.3 Å². The Bertz CT molecular complexity index is 1210. The van der Waals surface area contributed by atoms with Crippen molar-refractivity contribution < 1.29 is 19.7 Å². The smallest absolute Gasteiger partial charge is 0.335 e. The number of benzene rings is 3. The van der Waals surface area contributed by atoms with Crippen LogP contribution in [0.1, 0.15) is 60.7 Å². The average molecular weight is 487 g/mol. The minimum Gasteiger partial charge on any atom is -0.489 e. The fourth-order valence-electron chi connectivity index (χ4n) is 3.95. The molecule has 0 unspecified atom stereocenters. The van der Waals surface area contributed by atoms with Crippen molar-refractivity contribution in [3.8, 4) is 22.9 Å². The molecule has 0 saturated carbocycles. The van der Waals surface area contributed by atoms with Crippen LogP contribution >= 0.6 is 0 Å². The van der Waals surface area contributed by atoms with Crippen LogP contribution in [0.15, 0.2) is 66.7 Å². The van der Waals surface area contributed by atoms with Crippen molar-refractivity contribution in [2.24, 2.45) is 0 Å². The molecule has 6 nitrogen and oxygen atoms in total. The van der Waals surface area contributed by atoms with Gasteiger partial charge in [-0.3, -0.25) is 0 Å². The zero-order chi connectivity index (χ0) is 26.3. The summed E-state index contributed by atoms with van der Waals surface area (Å²) in [6.45, 7) is 8.93. The summed E-state index contributed by atoms with van der Waals surface area (Å²) in [4.78, 5) is 11.1. The van der Waals surface area contributed by atoms with Gasteiger partial charge < -0.3 is 20.3 Å². The SMILES string of the molecule is CC(C)c1ccc(CC(C)(C)NC[C@H](O)COc2cc(-c3ccc(C(=O)O)cc3)ccc2C#N)cc1. The number of carboxylic acids is 1. The standard InChI is InChI=1S/C30H34N2O4/c1-20(2)22-7-5-21(6-8-22)16-30(3,4)32-18-27(33)19-36-28-15-25(13-14-26(28)17-31)23-9-11-24(12-10-23)29(34)35/h5-15,20,27,32-33H,16,18-19H2,1-4H3,(H,34,35)/t27-/m0/s1. The normalized spacial score (nSPS) is 12.2. The van der Waals surface area contributed by atoms with Crippen molar-refractivity contribution in [2.45, 2.75) is 51.7 Å². The molecule has 0 aliphatic heterocycles. The van der Waals surface area contributed by atoms with Crippen molar-refractivity contribution in [1.82, 2.24) is 5.32 Å². The van der Waals surface area contributed by atoms with E-state index in [4.69, 9.17) is 9.84 Å². The third-order valence-electron chi connectivity index (χ3n) is 6.11. The lowest BCUT2D eigenvalue weighted by Gasteiger charge is -2.28. The molecule has 3 rings (SSSR count). The molecule has 0 aliphatic rings. The minimum absolute atomic E-state index is 0.0300. The van der Waals surface area contributed by atoms with E-state index in [1.807, 2.05) is 0 Å². The van der Waals surface area contributed by atoms with Crippen LogP contribution in [0, 0.1) is 11.3 Å². The van der Waals surface area contributed by atoms with Crippen LogP contribution in [0.5, 0.6) is 5.75 Å². The lowest BCUT2D eigenvalue weighted by atomic mass is 9.93. The van der Waals surface area contributed by atoms with E-state index in [0.717, 1.165) is 17.5 Å². The number of β-amino-alcohol motifs (C(OH)–C–C–N with tert-alkyl or cyclic N) is 1. The van der Waals surface area contributed by atoms with Crippen molar-refractivity contribution in [2.75, 3.05) is 13.2 Å². The molecular weight excluding hydrogens is 452 g/mol. The highest BCUT2D eigenvalue weighted by molar-refractivity contribution is 5.88. The predicted molar refractivity (Wildman–Crippen MR) is 141 cm³/mol. The van der Waals surface area contributed by atoms with Crippen LogP contribution in [-0.2, 0) is 6.42 Å². The Kier molecular flexibility index (Phi) is 8.87. The summed E-state index contributed by atoms with van der Waals surface area (Å²) < 4.78 is 5.83. The maximum atomic E-state index is 11.1. The fraction of sp³-hybridized carbons (Fsp3) is 0.333. The molecule has 3 aromatic carbocycles. The summed E-state index contributed by atoms with van der Waals surface area (Å²) in [5.74, 6) is -0.110. The molecular formula is C30H34N2O4. The number of rotatable bonds is 11. The van der Waals surface area contributed by atoms with Crippen LogP contribution < -0.4 is 10.1 Å². The lowest BCUT2D eigenvalue weighted by Crippen LogP contribution is -2.46. The summed E-state index contributed by atoms with van der Waals surface area (Å²) in [6, 6.07) is 22.4. The Morgan fingerprint density at radius 1 is 1.03 bits per heavy atom. The molecule has 0 saturated heterocycles. The predicted octanol–water partition coefficient (Wildman–Crippen LogP) is 5.40. The number of aliphatic hydroxyl groups is 1. The molecule has 1 atom stereocenters. The van der Waals surface area contributed by atoms with Gasteiger partial charge >= 0.3 is 5.97 Å². The first kappa shape index (κ1) is 26.9. The fourth-order valence-corrected chi connectivity index (χ4v) is 3.95. The average Bonchev–Trinajstić information content (AvgIpc) is 2.86. The number of hydrogen-bond donors (Lipinski definition) is 3. The van der Waals surface area contributed by atoms with Crippen LogP contribution in [0.3, 0.4) is 0 Å². The van der Waals surface area contributed by atoms with Gasteiger partial charge in [0.25, 0.3) is 0 Å². The van der Waals surface area contributed by atoms with Crippen LogP contribution in [0.2, 0.25) is 0 Å². The Labute approximate surface area is 213 Å². The molecule has 188 valence electrons. The van der Waals surface area contributed by atoms with Gasteiger partial charge in [-0.25, -0.2) is 4.79 Å². The van der Waals surface area contributed by atoms with E-state index < -0.39 is 12.1 Å². The molecule has 0 aromatic heterocycles. The highest BCUT2D eigenvalue weighted by atomic mass is 16.5. The molecule has 0 bridgehead atoms. The van der Waals surface area contributed by atoms with Gasteiger partial charge in [0.05, 0.1) is 11.1 Å². The first-order valence-corrected chi connectivity index (χ1v) is 12.1. The zero-order valence-corrected chi connectivity index (χ0v) is 21.3. The van der Waals surface area contributed by atoms with Crippen LogP contribution in [0.25, 0.3) is 11.1 Å². The summed E-state index contributed by atoms with van der Waals surface area (Å²) in [5, 5.41) is 32.5. The Morgan fingerprint density at radius 2 is 1.67 bits per heavy atom. The number of aliphatic hydroxyl groups excluding tert-OH is 1. The van der Waals surface area contributed by atoms with E-state index in [-0.39, 0.29) is 17.7 Å². The van der Waals surface area contributed by atoms with Gasteiger partial charge in [-0.2, -0.15) is 5.26 Å². The van der Waals surface area contributed by atoms with Crippen LogP contribution in [0.4, 0.5) is 0 Å². The van der Waals surface area contributed by atoms with Gasteiger partial charge in [0, 0.05) is 12.1 Å². The van der Waals surface area contributed by atoms with Crippen LogP contribution in [-0.4, -0.2) is 41.0 Å². The largest absolute Gasteiger partial charge is 0.489 e. The summed E-state index contributed by atoms with van der Waals surface area (Å²) in [6.07, 6.45) is 0.0536. The van der Waals surface area contributed by atoms with Crippen molar-refractivity contribution >= 4 is 5.97 Å². The molecule has 3 aromatic rings. The maximum absolute atomic E-state index is 11.1. The van der Waals surface area contributed by atoms with E-state index in [0.29, 0.717) is 23.8 Å². The Morgan fingerprint density at radius 3 is 2.25 bits per heavy atom. The Hall–Kier alpha value is -3.66. The second-order valence-corrected chi connectivity index (χ2v) is 10.0. The van der Waals surface area contributed by atoms with Gasteiger partial charge in [-0.05, 0) is 72.7 Å². The first-order valence-electron chi connectivity index (χ1n) is 12.1. The van der Waals surface area contributed by atoms with Gasteiger partial charge in [0.2, 0.25) is 0 Å². The number of carbonyl (C=O) groups is 1. The number of nitrogens with one attached hydrogen (secondary N) is 1. The number of nitrogens with zero attached hydrogens (tertiary/aromatic N) is 1. The molecule has 0 fully saturated rings. The molecule has 6 heteroatoms. The van der Waals surface area contributed by atoms with Gasteiger partial charge in [-0.1, -0.05) is 56.3 Å². The van der Waals surface area contributed by atoms with E-state index in [9.17, 15) is 15.2 Å². The number of hydrogen-bond acceptors (Lipinski definition) is 5. The molecule has 3 N–H and O–H groups in total. The number of carboxylic acid groups (broad SMARTS) is 1. The number of ether oxygens (including phenoxy) is 1. The molecule has 0 aliphatic carbocycles. The van der Waals surface area contributed by atoms with E-state index >= 15 is 0 Å². The highest BCUT2D eigenvalue weighted by Gasteiger charge is 2.20. The summed E-state index contributed by atoms with van der Waals surface area (Å²) in [7, 11) is 0. The maximum Gasteiger partial charge on any atom is 0.335 e. The van der Waals surface area contributed by atoms with Gasteiger partial charge in [-0.15, -0.1) is 0 Å². The summed E-state index contributed by atoms with van der Waals surface area (Å²) >= 11 is 0. The molecule has 0 spiro atoms. The topological polar surface area (TPSA) is 103 Å². The molecule has 36 heavy (non-hydrogen) atoms. The van der Waals surface area contributed by atoms with Crippen molar-refractivity contribution in [3.05, 3.63) is 89.0 Å². The number of aromatic carboxylic acids is 1. The van der Waals surface area contributed by atoms with E-state index in [1.54, 1.807) is 30.3 Å². The lowest BCUT2D eigenvalue weighted by molar-refractivity contribution is 0.0697. The molecule has 0 radical (unpaired) electrons. The third-order valence-corrected chi connectivity index (χ3v) is 6.11. The molecule has 0 heterocycles.